The van der Waals surface area contributed by atoms with E-state index in [0.717, 1.165) is 11.6 Å². The monoisotopic (exact) mass is 356 g/mol. The number of hydrogen-bond acceptors (Lipinski definition) is 5. The first-order valence-electron chi connectivity index (χ1n) is 5.80. The van der Waals surface area contributed by atoms with Gasteiger partial charge >= 0.3 is 122 Å². The Morgan fingerprint density at radius 3 is 2.10 bits per heavy atom. The van der Waals surface area contributed by atoms with E-state index in [4.69, 9.17) is 4.19 Å². The number of benzene rings is 2. The number of phenolic OH excluding ortho intramolecular Hbond substituents is 2. The Balaban J connectivity index is 2.25. The van der Waals surface area contributed by atoms with E-state index >= 15 is 0 Å². The van der Waals surface area contributed by atoms with Crippen LogP contribution in [0.3, 0.4) is 0 Å². The van der Waals surface area contributed by atoms with Gasteiger partial charge in [-0.3, -0.25) is 0 Å². The van der Waals surface area contributed by atoms with Gasteiger partial charge in [0.1, 0.15) is 0 Å². The summed E-state index contributed by atoms with van der Waals surface area (Å²) in [5, 5.41) is 18.7. The molecule has 0 heterocycles. The summed E-state index contributed by atoms with van der Waals surface area (Å²) >= 11 is -5.37. The van der Waals surface area contributed by atoms with E-state index in [-0.39, 0.29) is 17.2 Å². The van der Waals surface area contributed by atoms with Crippen molar-refractivity contribution in [2.24, 2.45) is 0 Å². The Morgan fingerprint density at radius 2 is 1.48 bits per heavy atom. The second-order valence-electron chi connectivity index (χ2n) is 4.20. The fraction of sp³-hybridized carbons (Fsp3) is 0. The van der Waals surface area contributed by atoms with Gasteiger partial charge in [0, 0.05) is 0 Å². The Bertz CT molecular complexity index is 763. The molecule has 0 fully saturated rings. The summed E-state index contributed by atoms with van der Waals surface area (Å²) in [7, 11) is 0. The zero-order chi connectivity index (χ0) is 15.5. The number of rotatable bonds is 4. The molecule has 0 bridgehead atoms. The number of aromatic hydroxyl groups is 2. The molecule has 6 nitrogen and oxygen atoms in total. The van der Waals surface area contributed by atoms with Crippen molar-refractivity contribution >= 4 is 25.5 Å². The molecule has 0 radical (unpaired) electrons. The first-order chi connectivity index (χ1) is 9.82. The topological polar surface area (TPSA) is 104 Å². The van der Waals surface area contributed by atoms with E-state index in [2.05, 4.69) is 3.82 Å². The fourth-order valence-electron chi connectivity index (χ4n) is 1.65. The minimum absolute atomic E-state index is 0.149. The van der Waals surface area contributed by atoms with Gasteiger partial charge in [-0.05, 0) is 0 Å². The molecule has 0 atom stereocenters. The molecule has 0 saturated heterocycles. The van der Waals surface area contributed by atoms with Crippen molar-refractivity contribution in [2.75, 3.05) is 0 Å². The number of hydrogen-bond donors (Lipinski definition) is 3. The molecule has 0 aliphatic rings. The van der Waals surface area contributed by atoms with E-state index in [9.17, 15) is 17.9 Å². The van der Waals surface area contributed by atoms with Crippen molar-refractivity contribution in [1.82, 2.24) is 0 Å². The van der Waals surface area contributed by atoms with E-state index < -0.39 is 13.4 Å². The molecule has 110 valence electrons. The third kappa shape index (κ3) is 4.92. The molecule has 0 aliphatic heterocycles. The van der Waals surface area contributed by atoms with Gasteiger partial charge in [-0.25, -0.2) is 0 Å². The molecule has 21 heavy (non-hydrogen) atoms. The Morgan fingerprint density at radius 1 is 0.857 bits per heavy atom. The van der Waals surface area contributed by atoms with Gasteiger partial charge in [-0.15, -0.1) is 0 Å². The van der Waals surface area contributed by atoms with Crippen LogP contribution < -0.4 is 3.82 Å². The van der Waals surface area contributed by atoms with Crippen molar-refractivity contribution < 1.29 is 25.9 Å². The van der Waals surface area contributed by atoms with Gasteiger partial charge < -0.3 is 0 Å². The average Bonchev–Trinajstić information content (AvgIpc) is 2.35. The minimum atomic E-state index is -5.37. The van der Waals surface area contributed by atoms with Crippen molar-refractivity contribution in [3.05, 3.63) is 53.6 Å². The fourth-order valence-corrected chi connectivity index (χ4v) is 2.36. The summed E-state index contributed by atoms with van der Waals surface area (Å²) in [5.41, 5.74) is 1.29. The molecule has 2 aromatic carbocycles. The van der Waals surface area contributed by atoms with E-state index in [0.29, 0.717) is 5.56 Å². The first kappa shape index (κ1) is 15.1. The summed E-state index contributed by atoms with van der Waals surface area (Å²) in [6.07, 6.45) is 3.33. The quantitative estimate of drug-likeness (QED) is 0.572. The molecule has 0 saturated carbocycles. The van der Waals surface area contributed by atoms with Crippen LogP contribution in [0.2, 0.25) is 0 Å². The Hall–Kier alpha value is -2.34. The van der Waals surface area contributed by atoms with Crippen molar-refractivity contribution in [3.63, 3.8) is 0 Å². The standard InChI is InChI=1S/C14H12O6Se/c15-12-5-3-10(4-6-12)1-2-11-7-13(16)9-14(8-11)20-21(17,18)19/h1-9,15-16H,(H,17,18,19)/b2-1+. The molecular weight excluding hydrogens is 343 g/mol. The third-order valence-electron chi connectivity index (χ3n) is 2.48. The molecule has 3 N–H and O–H groups in total. The van der Waals surface area contributed by atoms with Crippen LogP contribution in [-0.2, 0) is 7.67 Å². The van der Waals surface area contributed by atoms with Gasteiger partial charge in [0.2, 0.25) is 0 Å². The molecule has 2 aromatic rings. The first-order valence-corrected chi connectivity index (χ1v) is 8.66. The molecule has 7 heteroatoms. The van der Waals surface area contributed by atoms with Crippen LogP contribution in [0.4, 0.5) is 0 Å². The molecule has 0 aliphatic carbocycles. The third-order valence-corrected chi connectivity index (χ3v) is 3.32. The van der Waals surface area contributed by atoms with Crippen LogP contribution in [0, 0.1) is 0 Å². The van der Waals surface area contributed by atoms with Crippen molar-refractivity contribution in [2.45, 2.75) is 0 Å². The molecule has 0 aromatic heterocycles. The summed E-state index contributed by atoms with van der Waals surface area (Å²) in [6.45, 7) is 0. The summed E-state index contributed by atoms with van der Waals surface area (Å²) in [6, 6.07) is 10.3. The van der Waals surface area contributed by atoms with Gasteiger partial charge in [0.05, 0.1) is 0 Å². The molecule has 0 spiro atoms. The van der Waals surface area contributed by atoms with Crippen LogP contribution in [0.25, 0.3) is 12.2 Å². The van der Waals surface area contributed by atoms with Crippen LogP contribution in [-0.4, -0.2) is 27.8 Å². The van der Waals surface area contributed by atoms with Gasteiger partial charge in [-0.1, -0.05) is 0 Å². The second kappa shape index (κ2) is 5.97. The summed E-state index contributed by atoms with van der Waals surface area (Å²) in [5.74, 6) is -0.220. The van der Waals surface area contributed by atoms with Crippen LogP contribution in [0.1, 0.15) is 11.1 Å². The Labute approximate surface area is 122 Å². The molecule has 2 rings (SSSR count). The molecule has 0 amide bonds. The van der Waals surface area contributed by atoms with Crippen molar-refractivity contribution in [1.29, 1.82) is 0 Å². The normalized spacial score (nSPS) is 11.7. The van der Waals surface area contributed by atoms with Crippen LogP contribution in [0.15, 0.2) is 42.5 Å². The molecular formula is C14H12O6Se. The van der Waals surface area contributed by atoms with Crippen molar-refractivity contribution in [3.8, 4) is 17.2 Å². The van der Waals surface area contributed by atoms with E-state index in [1.807, 2.05) is 0 Å². The van der Waals surface area contributed by atoms with Gasteiger partial charge in [0.25, 0.3) is 0 Å². The molecule has 0 unspecified atom stereocenters. The van der Waals surface area contributed by atoms with Crippen LogP contribution >= 0.6 is 0 Å². The van der Waals surface area contributed by atoms with E-state index in [1.165, 1.54) is 24.3 Å². The van der Waals surface area contributed by atoms with Gasteiger partial charge in [0.15, 0.2) is 0 Å². The second-order valence-corrected chi connectivity index (χ2v) is 6.34. The van der Waals surface area contributed by atoms with E-state index in [1.54, 1.807) is 24.3 Å². The zero-order valence-corrected chi connectivity index (χ0v) is 12.4. The maximum absolute atomic E-state index is 10.7. The predicted molar refractivity (Wildman–Crippen MR) is 75.1 cm³/mol. The summed E-state index contributed by atoms with van der Waals surface area (Å²) in [4.78, 5) is 0. The number of phenols is 2. The van der Waals surface area contributed by atoms with Gasteiger partial charge in [-0.2, -0.15) is 0 Å². The SMILES string of the molecule is O=[Se](=O)(O)Oc1cc(O)cc(/C=C/c2ccc(O)cc2)c1. The average molecular weight is 355 g/mol. The zero-order valence-electron chi connectivity index (χ0n) is 10.7. The predicted octanol–water partition coefficient (Wildman–Crippen LogP) is 1.94. The summed E-state index contributed by atoms with van der Waals surface area (Å²) < 4.78 is 34.5. The Kier molecular flexibility index (Phi) is 4.28. The van der Waals surface area contributed by atoms with Crippen LogP contribution in [0.5, 0.6) is 17.2 Å². The maximum atomic E-state index is 10.7.